The first kappa shape index (κ1) is 12.7. The van der Waals surface area contributed by atoms with Gasteiger partial charge >= 0.3 is 0 Å². The minimum atomic E-state index is -0.0694. The van der Waals surface area contributed by atoms with Gasteiger partial charge in [0, 0.05) is 13.2 Å². The number of carbonyl (C=O) groups excluding carboxylic acids is 1. The number of rotatable bonds is 4. The highest BCUT2D eigenvalue weighted by atomic mass is 35.5. The van der Waals surface area contributed by atoms with Crippen molar-refractivity contribution in [3.05, 3.63) is 52.8 Å². The fourth-order valence-electron chi connectivity index (χ4n) is 1.69. The lowest BCUT2D eigenvalue weighted by Crippen LogP contribution is -2.14. The molecule has 1 aromatic heterocycles. The summed E-state index contributed by atoms with van der Waals surface area (Å²) in [5.74, 6) is 0.472. The molecule has 0 aliphatic rings. The Kier molecular flexibility index (Phi) is 3.72. The Morgan fingerprint density at radius 2 is 2.17 bits per heavy atom. The summed E-state index contributed by atoms with van der Waals surface area (Å²) in [7, 11) is 1.83. The molecule has 0 fully saturated rings. The van der Waals surface area contributed by atoms with Crippen molar-refractivity contribution >= 4 is 17.4 Å². The van der Waals surface area contributed by atoms with Crippen LogP contribution < -0.4 is 4.74 Å². The zero-order valence-electron chi connectivity index (χ0n) is 10.3. The van der Waals surface area contributed by atoms with Crippen LogP contribution in [0.25, 0.3) is 0 Å². The van der Waals surface area contributed by atoms with E-state index < -0.39 is 0 Å². The normalized spacial score (nSPS) is 10.4. The van der Waals surface area contributed by atoms with Gasteiger partial charge in [-0.05, 0) is 36.8 Å². The predicted octanol–water partition coefficient (Wildman–Crippen LogP) is 3.25. The molecular formula is C14H14ClNO2. The number of Topliss-reactive ketones (excluding diaryl/α,β-unsaturated/α-hetero) is 1. The molecule has 94 valence electrons. The van der Waals surface area contributed by atoms with Crippen LogP contribution in [0.5, 0.6) is 5.75 Å². The number of ether oxygens (including phenoxy) is 1. The van der Waals surface area contributed by atoms with Gasteiger partial charge in [0.2, 0.25) is 5.78 Å². The molecule has 0 saturated heterocycles. The van der Waals surface area contributed by atoms with Gasteiger partial charge in [-0.1, -0.05) is 17.7 Å². The largest absolute Gasteiger partial charge is 0.484 e. The Hall–Kier alpha value is -1.74. The molecule has 0 aliphatic heterocycles. The molecule has 2 rings (SSSR count). The lowest BCUT2D eigenvalue weighted by Gasteiger charge is -2.08. The van der Waals surface area contributed by atoms with E-state index in [-0.39, 0.29) is 12.4 Å². The van der Waals surface area contributed by atoms with Crippen LogP contribution in [0, 0.1) is 6.92 Å². The van der Waals surface area contributed by atoms with E-state index in [4.69, 9.17) is 16.3 Å². The van der Waals surface area contributed by atoms with Crippen LogP contribution in [0.1, 0.15) is 16.1 Å². The molecule has 0 spiro atoms. The van der Waals surface area contributed by atoms with Gasteiger partial charge in [-0.2, -0.15) is 0 Å². The van der Waals surface area contributed by atoms with Gasteiger partial charge in [-0.3, -0.25) is 4.79 Å². The molecule has 3 nitrogen and oxygen atoms in total. The van der Waals surface area contributed by atoms with Gasteiger partial charge in [0.15, 0.2) is 6.61 Å². The average molecular weight is 264 g/mol. The van der Waals surface area contributed by atoms with Crippen LogP contribution in [-0.4, -0.2) is 17.0 Å². The van der Waals surface area contributed by atoms with E-state index in [0.29, 0.717) is 16.5 Å². The zero-order valence-corrected chi connectivity index (χ0v) is 11.1. The Labute approximate surface area is 111 Å². The van der Waals surface area contributed by atoms with Gasteiger partial charge in [-0.15, -0.1) is 0 Å². The number of carbonyl (C=O) groups is 1. The first-order valence-electron chi connectivity index (χ1n) is 5.61. The maximum Gasteiger partial charge on any atom is 0.216 e. The standard InChI is InChI=1S/C14H14ClNO2/c1-10-5-6-11(15)14(8-10)18-9-13(17)12-4-3-7-16(12)2/h3-8H,9H2,1-2H3. The van der Waals surface area contributed by atoms with E-state index in [9.17, 15) is 4.79 Å². The summed E-state index contributed by atoms with van der Waals surface area (Å²) in [6, 6.07) is 9.07. The highest BCUT2D eigenvalue weighted by Gasteiger charge is 2.11. The Balaban J connectivity index is 2.06. The number of nitrogens with zero attached hydrogens (tertiary/aromatic N) is 1. The van der Waals surface area contributed by atoms with E-state index in [1.54, 1.807) is 16.7 Å². The van der Waals surface area contributed by atoms with Crippen LogP contribution in [0.3, 0.4) is 0 Å². The third-order valence-corrected chi connectivity index (χ3v) is 2.99. The molecule has 0 bridgehead atoms. The molecule has 0 radical (unpaired) electrons. The Morgan fingerprint density at radius 1 is 1.39 bits per heavy atom. The molecule has 4 heteroatoms. The second-order valence-electron chi connectivity index (χ2n) is 4.15. The van der Waals surface area contributed by atoms with Crippen molar-refractivity contribution in [2.24, 2.45) is 7.05 Å². The minimum absolute atomic E-state index is 0.0129. The maximum atomic E-state index is 11.9. The van der Waals surface area contributed by atoms with Crippen LogP contribution in [-0.2, 0) is 7.05 Å². The van der Waals surface area contributed by atoms with Gasteiger partial charge in [-0.25, -0.2) is 0 Å². The monoisotopic (exact) mass is 263 g/mol. The van der Waals surface area contributed by atoms with E-state index >= 15 is 0 Å². The molecule has 0 N–H and O–H groups in total. The highest BCUT2D eigenvalue weighted by Crippen LogP contribution is 2.25. The Bertz CT molecular complexity index is 575. The van der Waals surface area contributed by atoms with Gasteiger partial charge in [0.25, 0.3) is 0 Å². The topological polar surface area (TPSA) is 31.2 Å². The number of hydrogen-bond donors (Lipinski definition) is 0. The lowest BCUT2D eigenvalue weighted by molar-refractivity contribution is 0.0913. The summed E-state index contributed by atoms with van der Waals surface area (Å²) >= 11 is 5.99. The van der Waals surface area contributed by atoms with E-state index in [1.807, 2.05) is 38.4 Å². The summed E-state index contributed by atoms with van der Waals surface area (Å²) in [6.45, 7) is 1.93. The smallest absolute Gasteiger partial charge is 0.216 e. The number of ketones is 1. The molecule has 0 amide bonds. The first-order valence-corrected chi connectivity index (χ1v) is 5.99. The quantitative estimate of drug-likeness (QED) is 0.793. The third-order valence-electron chi connectivity index (χ3n) is 2.67. The van der Waals surface area contributed by atoms with Crippen LogP contribution in [0.15, 0.2) is 36.5 Å². The Morgan fingerprint density at radius 3 is 2.83 bits per heavy atom. The summed E-state index contributed by atoms with van der Waals surface area (Å²) < 4.78 is 7.23. The van der Waals surface area contributed by atoms with E-state index in [1.165, 1.54) is 0 Å². The van der Waals surface area contributed by atoms with Crippen molar-refractivity contribution in [2.75, 3.05) is 6.61 Å². The van der Waals surface area contributed by atoms with Crippen LogP contribution in [0.2, 0.25) is 5.02 Å². The fourth-order valence-corrected chi connectivity index (χ4v) is 1.86. The van der Waals surface area contributed by atoms with Crippen molar-refractivity contribution in [1.29, 1.82) is 0 Å². The number of hydrogen-bond acceptors (Lipinski definition) is 2. The molecule has 0 unspecified atom stereocenters. The molecule has 0 saturated carbocycles. The van der Waals surface area contributed by atoms with Crippen molar-refractivity contribution in [1.82, 2.24) is 4.57 Å². The first-order chi connectivity index (χ1) is 8.58. The summed E-state index contributed by atoms with van der Waals surface area (Å²) in [4.78, 5) is 11.9. The SMILES string of the molecule is Cc1ccc(Cl)c(OCC(=O)c2cccn2C)c1. The summed E-state index contributed by atoms with van der Waals surface area (Å²) in [5.41, 5.74) is 1.67. The summed E-state index contributed by atoms with van der Waals surface area (Å²) in [6.07, 6.45) is 1.83. The number of aromatic nitrogens is 1. The van der Waals surface area contributed by atoms with Crippen molar-refractivity contribution in [3.8, 4) is 5.75 Å². The third kappa shape index (κ3) is 2.74. The molecule has 0 aliphatic carbocycles. The van der Waals surface area contributed by atoms with Crippen molar-refractivity contribution < 1.29 is 9.53 Å². The second kappa shape index (κ2) is 5.27. The molecule has 1 aromatic carbocycles. The van der Waals surface area contributed by atoms with Gasteiger partial charge < -0.3 is 9.30 Å². The van der Waals surface area contributed by atoms with Crippen molar-refractivity contribution in [3.63, 3.8) is 0 Å². The van der Waals surface area contributed by atoms with E-state index in [0.717, 1.165) is 5.56 Å². The average Bonchev–Trinajstić information content (AvgIpc) is 2.76. The van der Waals surface area contributed by atoms with Gasteiger partial charge in [0.05, 0.1) is 10.7 Å². The number of benzene rings is 1. The molecular weight excluding hydrogens is 250 g/mol. The number of halogens is 1. The predicted molar refractivity (Wildman–Crippen MR) is 71.4 cm³/mol. The lowest BCUT2D eigenvalue weighted by atomic mass is 10.2. The van der Waals surface area contributed by atoms with Gasteiger partial charge in [0.1, 0.15) is 5.75 Å². The van der Waals surface area contributed by atoms with Crippen LogP contribution in [0.4, 0.5) is 0 Å². The van der Waals surface area contributed by atoms with Crippen LogP contribution >= 0.6 is 11.6 Å². The molecule has 18 heavy (non-hydrogen) atoms. The molecule has 0 atom stereocenters. The maximum absolute atomic E-state index is 11.9. The highest BCUT2D eigenvalue weighted by molar-refractivity contribution is 6.32. The molecule has 1 heterocycles. The van der Waals surface area contributed by atoms with E-state index in [2.05, 4.69) is 0 Å². The minimum Gasteiger partial charge on any atom is -0.484 e. The molecule has 2 aromatic rings. The number of aryl methyl sites for hydroxylation is 2. The zero-order chi connectivity index (χ0) is 13.1. The fraction of sp³-hybridized carbons (Fsp3) is 0.214. The second-order valence-corrected chi connectivity index (χ2v) is 4.56. The van der Waals surface area contributed by atoms with Crippen molar-refractivity contribution in [2.45, 2.75) is 6.92 Å². The summed E-state index contributed by atoms with van der Waals surface area (Å²) in [5, 5.41) is 0.514.